The van der Waals surface area contributed by atoms with Crippen molar-refractivity contribution in [3.63, 3.8) is 0 Å². The van der Waals surface area contributed by atoms with Crippen LogP contribution in [0.25, 0.3) is 0 Å². The zero-order chi connectivity index (χ0) is 15.4. The molecule has 0 bridgehead atoms. The monoisotopic (exact) mass is 347 g/mol. The van der Waals surface area contributed by atoms with E-state index in [0.717, 1.165) is 22.2 Å². The molecule has 0 atom stereocenters. The van der Waals surface area contributed by atoms with Crippen molar-refractivity contribution >= 4 is 15.9 Å². The van der Waals surface area contributed by atoms with Crippen molar-refractivity contribution in [2.75, 3.05) is 0 Å². The van der Waals surface area contributed by atoms with E-state index in [2.05, 4.69) is 15.9 Å². The lowest BCUT2D eigenvalue weighted by Crippen LogP contribution is -2.02. The maximum Gasteiger partial charge on any atom is 0.129 e. The quantitative estimate of drug-likeness (QED) is 0.745. The van der Waals surface area contributed by atoms with Gasteiger partial charge in [-0.1, -0.05) is 28.1 Å². The van der Waals surface area contributed by atoms with Gasteiger partial charge in [0.2, 0.25) is 0 Å². The molecule has 0 saturated carbocycles. The zero-order valence-corrected chi connectivity index (χ0v) is 13.5. The van der Waals surface area contributed by atoms with Gasteiger partial charge in [0.1, 0.15) is 18.2 Å². The Bertz CT molecular complexity index is 683. The lowest BCUT2D eigenvalue weighted by atomic mass is 10.1. The largest absolute Gasteiger partial charge is 0.488 e. The van der Waals surface area contributed by atoms with Crippen LogP contribution >= 0.6 is 15.9 Å². The van der Waals surface area contributed by atoms with E-state index in [1.165, 1.54) is 23.8 Å². The summed E-state index contributed by atoms with van der Waals surface area (Å²) < 4.78 is 19.5. The number of aryl methyl sites for hydroxylation is 2. The van der Waals surface area contributed by atoms with E-state index in [4.69, 9.17) is 10.00 Å². The fourth-order valence-corrected chi connectivity index (χ4v) is 2.57. The highest BCUT2D eigenvalue weighted by Crippen LogP contribution is 2.27. The minimum atomic E-state index is -0.360. The highest BCUT2D eigenvalue weighted by molar-refractivity contribution is 9.08. The highest BCUT2D eigenvalue weighted by atomic mass is 79.9. The molecule has 0 aromatic heterocycles. The third-order valence-corrected chi connectivity index (χ3v) is 3.87. The molecule has 0 amide bonds. The van der Waals surface area contributed by atoms with Crippen LogP contribution in [-0.4, -0.2) is 0 Å². The lowest BCUT2D eigenvalue weighted by molar-refractivity contribution is 0.295. The molecule has 2 aromatic carbocycles. The van der Waals surface area contributed by atoms with Crippen molar-refractivity contribution in [1.82, 2.24) is 0 Å². The maximum absolute atomic E-state index is 13.7. The molecule has 0 saturated heterocycles. The average molecular weight is 348 g/mol. The van der Waals surface area contributed by atoms with Gasteiger partial charge in [0.15, 0.2) is 0 Å². The van der Waals surface area contributed by atoms with Crippen LogP contribution in [-0.2, 0) is 11.9 Å². The first-order valence-electron chi connectivity index (χ1n) is 6.52. The summed E-state index contributed by atoms with van der Waals surface area (Å²) in [6.07, 6.45) is 0. The molecule has 108 valence electrons. The van der Waals surface area contributed by atoms with Crippen LogP contribution in [0.4, 0.5) is 4.39 Å². The molecule has 0 heterocycles. The summed E-state index contributed by atoms with van der Waals surface area (Å²) in [6.45, 7) is 4.05. The number of nitriles is 1. The van der Waals surface area contributed by atoms with E-state index >= 15 is 0 Å². The Balaban J connectivity index is 2.23. The van der Waals surface area contributed by atoms with Gasteiger partial charge in [0.05, 0.1) is 11.6 Å². The summed E-state index contributed by atoms with van der Waals surface area (Å²) in [4.78, 5) is 0. The number of hydrogen-bond acceptors (Lipinski definition) is 2. The van der Waals surface area contributed by atoms with Crippen molar-refractivity contribution < 1.29 is 9.13 Å². The molecule has 0 fully saturated rings. The molecule has 0 radical (unpaired) electrons. The van der Waals surface area contributed by atoms with Crippen molar-refractivity contribution in [1.29, 1.82) is 5.26 Å². The Morgan fingerprint density at radius 3 is 2.43 bits per heavy atom. The molecular formula is C17H15BrFNO. The van der Waals surface area contributed by atoms with Gasteiger partial charge in [-0.2, -0.15) is 5.26 Å². The lowest BCUT2D eigenvalue weighted by Gasteiger charge is -2.14. The fourth-order valence-electron chi connectivity index (χ4n) is 2.25. The van der Waals surface area contributed by atoms with Crippen LogP contribution in [0, 0.1) is 31.0 Å². The fraction of sp³-hybridized carbons (Fsp3) is 0.235. The molecule has 21 heavy (non-hydrogen) atoms. The predicted octanol–water partition coefficient (Wildman–Crippen LogP) is 4.79. The number of benzene rings is 2. The van der Waals surface area contributed by atoms with Gasteiger partial charge in [-0.05, 0) is 48.7 Å². The number of halogens is 2. The number of nitrogens with zero attached hydrogens (tertiary/aromatic N) is 1. The standard InChI is InChI=1S/C17H15BrFNO/c1-11-5-14(8-18)6-12(2)17(11)21-10-15-7-13(9-20)3-4-16(15)19/h3-7H,8,10H2,1-2H3. The van der Waals surface area contributed by atoms with Crippen molar-refractivity contribution in [3.8, 4) is 11.8 Å². The Labute approximate surface area is 132 Å². The summed E-state index contributed by atoms with van der Waals surface area (Å²) in [6, 6.07) is 10.4. The summed E-state index contributed by atoms with van der Waals surface area (Å²) in [5.41, 5.74) is 4.02. The molecule has 0 aliphatic carbocycles. The Hall–Kier alpha value is -1.86. The van der Waals surface area contributed by atoms with Crippen LogP contribution in [0.1, 0.15) is 27.8 Å². The molecule has 2 rings (SSSR count). The topological polar surface area (TPSA) is 33.0 Å². The second-order valence-electron chi connectivity index (χ2n) is 4.90. The van der Waals surface area contributed by atoms with Gasteiger partial charge in [-0.3, -0.25) is 0 Å². The van der Waals surface area contributed by atoms with Crippen LogP contribution < -0.4 is 4.74 Å². The van der Waals surface area contributed by atoms with Crippen molar-refractivity contribution in [3.05, 3.63) is 64.0 Å². The third-order valence-electron chi connectivity index (χ3n) is 3.22. The van der Waals surface area contributed by atoms with Gasteiger partial charge in [0, 0.05) is 10.9 Å². The molecule has 4 heteroatoms. The van der Waals surface area contributed by atoms with E-state index < -0.39 is 0 Å². The first-order chi connectivity index (χ1) is 10.0. The molecule has 2 aromatic rings. The molecule has 0 N–H and O–H groups in total. The predicted molar refractivity (Wildman–Crippen MR) is 84.0 cm³/mol. The van der Waals surface area contributed by atoms with Crippen LogP contribution in [0.5, 0.6) is 5.75 Å². The van der Waals surface area contributed by atoms with Gasteiger partial charge in [-0.15, -0.1) is 0 Å². The molecule has 0 aliphatic rings. The number of rotatable bonds is 4. The van der Waals surface area contributed by atoms with E-state index in [-0.39, 0.29) is 12.4 Å². The van der Waals surface area contributed by atoms with E-state index in [0.29, 0.717) is 11.1 Å². The normalized spacial score (nSPS) is 10.2. The van der Waals surface area contributed by atoms with Gasteiger partial charge in [-0.25, -0.2) is 4.39 Å². The highest BCUT2D eigenvalue weighted by Gasteiger charge is 2.09. The number of ether oxygens (including phenoxy) is 1. The first-order valence-corrected chi connectivity index (χ1v) is 7.64. The SMILES string of the molecule is Cc1cc(CBr)cc(C)c1OCc1cc(C#N)ccc1F. The van der Waals surface area contributed by atoms with Gasteiger partial charge < -0.3 is 4.74 Å². The van der Waals surface area contributed by atoms with Crippen molar-refractivity contribution in [2.24, 2.45) is 0 Å². The maximum atomic E-state index is 13.7. The minimum absolute atomic E-state index is 0.108. The van der Waals surface area contributed by atoms with Gasteiger partial charge in [0.25, 0.3) is 0 Å². The number of hydrogen-bond donors (Lipinski definition) is 0. The average Bonchev–Trinajstić information content (AvgIpc) is 2.47. The van der Waals surface area contributed by atoms with Crippen molar-refractivity contribution in [2.45, 2.75) is 25.8 Å². The molecule has 2 nitrogen and oxygen atoms in total. The second-order valence-corrected chi connectivity index (χ2v) is 5.46. The minimum Gasteiger partial charge on any atom is -0.488 e. The Morgan fingerprint density at radius 1 is 1.19 bits per heavy atom. The van der Waals surface area contributed by atoms with Crippen LogP contribution in [0.15, 0.2) is 30.3 Å². The van der Waals surface area contributed by atoms with E-state index in [1.54, 1.807) is 0 Å². The number of alkyl halides is 1. The Morgan fingerprint density at radius 2 is 1.86 bits per heavy atom. The molecule has 0 aliphatic heterocycles. The molecule has 0 spiro atoms. The van der Waals surface area contributed by atoms with E-state index in [1.807, 2.05) is 32.0 Å². The molecule has 0 unspecified atom stereocenters. The van der Waals surface area contributed by atoms with E-state index in [9.17, 15) is 4.39 Å². The summed E-state index contributed by atoms with van der Waals surface area (Å²) in [5.74, 6) is 0.405. The Kier molecular flexibility index (Phi) is 4.98. The van der Waals surface area contributed by atoms with Gasteiger partial charge >= 0.3 is 0 Å². The van der Waals surface area contributed by atoms with Crippen LogP contribution in [0.3, 0.4) is 0 Å². The van der Waals surface area contributed by atoms with Crippen LogP contribution in [0.2, 0.25) is 0 Å². The summed E-state index contributed by atoms with van der Waals surface area (Å²) in [5, 5.41) is 9.65. The first kappa shape index (κ1) is 15.5. The second kappa shape index (κ2) is 6.73. The zero-order valence-electron chi connectivity index (χ0n) is 11.9. The smallest absolute Gasteiger partial charge is 0.129 e. The summed E-state index contributed by atoms with van der Waals surface area (Å²) >= 11 is 3.43. The third kappa shape index (κ3) is 3.62. The molecular weight excluding hydrogens is 333 g/mol. The summed E-state index contributed by atoms with van der Waals surface area (Å²) in [7, 11) is 0.